The number of amidine groups is 1. The molecular formula is C12H15FN4O. The number of nitrogens with two attached hydrogens (primary N) is 2. The predicted molar refractivity (Wildman–Crippen MR) is 67.4 cm³/mol. The van der Waals surface area contributed by atoms with E-state index in [1.165, 1.54) is 23.1 Å². The van der Waals surface area contributed by atoms with Crippen molar-refractivity contribution in [2.75, 3.05) is 19.3 Å². The van der Waals surface area contributed by atoms with E-state index in [1.807, 2.05) is 0 Å². The highest BCUT2D eigenvalue weighted by atomic mass is 19.1. The maximum Gasteiger partial charge on any atom is 0.288 e. The molecule has 0 radical (unpaired) electrons. The molecule has 2 rings (SSSR count). The Balaban J connectivity index is 2.55. The first-order valence-electron chi connectivity index (χ1n) is 5.50. The van der Waals surface area contributed by atoms with Gasteiger partial charge in [0.1, 0.15) is 11.4 Å². The van der Waals surface area contributed by atoms with E-state index in [9.17, 15) is 9.18 Å². The van der Waals surface area contributed by atoms with Crippen molar-refractivity contribution >= 4 is 17.4 Å². The van der Waals surface area contributed by atoms with E-state index in [0.717, 1.165) is 0 Å². The van der Waals surface area contributed by atoms with E-state index in [1.54, 1.807) is 14.0 Å². The summed E-state index contributed by atoms with van der Waals surface area (Å²) in [5.41, 5.74) is 11.1. The number of halogens is 1. The van der Waals surface area contributed by atoms with Gasteiger partial charge in [-0.3, -0.25) is 9.79 Å². The van der Waals surface area contributed by atoms with Gasteiger partial charge in [0, 0.05) is 18.3 Å². The van der Waals surface area contributed by atoms with E-state index in [4.69, 9.17) is 11.5 Å². The molecule has 0 saturated carbocycles. The number of nitrogen functional groups attached to an aromatic ring is 1. The van der Waals surface area contributed by atoms with Crippen molar-refractivity contribution in [3.05, 3.63) is 29.6 Å². The zero-order valence-electron chi connectivity index (χ0n) is 10.3. The highest BCUT2D eigenvalue weighted by molar-refractivity contribution is 6.37. The van der Waals surface area contributed by atoms with Crippen LogP contribution in [0.2, 0.25) is 0 Å². The monoisotopic (exact) mass is 250 g/mol. The molecule has 18 heavy (non-hydrogen) atoms. The lowest BCUT2D eigenvalue weighted by Crippen LogP contribution is -2.50. The van der Waals surface area contributed by atoms with Gasteiger partial charge in [-0.05, 0) is 25.1 Å². The summed E-state index contributed by atoms with van der Waals surface area (Å²) in [4.78, 5) is 17.1. The predicted octanol–water partition coefficient (Wildman–Crippen LogP) is 0.452. The molecule has 0 aromatic heterocycles. The summed E-state index contributed by atoms with van der Waals surface area (Å²) in [7, 11) is 1.60. The number of aliphatic imine (C=N–C) groups is 1. The standard InChI is InChI=1S/C12H15FN4O/c1-12(6-17(2)11(18)10(15)16-12)8-5-7(14)3-4-9(8)13/h3-5H,6,14H2,1-2H3,(H2,15,16). The lowest BCUT2D eigenvalue weighted by atomic mass is 9.90. The van der Waals surface area contributed by atoms with Crippen LogP contribution in [-0.2, 0) is 10.3 Å². The zero-order valence-corrected chi connectivity index (χ0v) is 10.3. The molecule has 1 aliphatic heterocycles. The normalized spacial score (nSPS) is 24.1. The molecular weight excluding hydrogens is 235 g/mol. The van der Waals surface area contributed by atoms with Gasteiger partial charge in [0.05, 0.1) is 6.54 Å². The third-order valence-electron chi connectivity index (χ3n) is 3.05. The van der Waals surface area contributed by atoms with Crippen molar-refractivity contribution in [2.24, 2.45) is 10.7 Å². The lowest BCUT2D eigenvalue weighted by Gasteiger charge is -2.35. The highest BCUT2D eigenvalue weighted by Gasteiger charge is 2.37. The Morgan fingerprint density at radius 1 is 1.44 bits per heavy atom. The van der Waals surface area contributed by atoms with Crippen LogP contribution >= 0.6 is 0 Å². The van der Waals surface area contributed by atoms with Crippen molar-refractivity contribution < 1.29 is 9.18 Å². The molecule has 0 fully saturated rings. The first-order chi connectivity index (χ1) is 8.33. The Morgan fingerprint density at radius 3 is 2.72 bits per heavy atom. The van der Waals surface area contributed by atoms with Crippen LogP contribution in [0.1, 0.15) is 12.5 Å². The smallest absolute Gasteiger partial charge is 0.288 e. The number of anilines is 1. The van der Waals surface area contributed by atoms with Gasteiger partial charge in [-0.2, -0.15) is 0 Å². The number of hydrogen-bond donors (Lipinski definition) is 2. The summed E-state index contributed by atoms with van der Waals surface area (Å²) in [5.74, 6) is -0.879. The Labute approximate surface area is 104 Å². The highest BCUT2D eigenvalue weighted by Crippen LogP contribution is 2.32. The topological polar surface area (TPSA) is 84.7 Å². The van der Waals surface area contributed by atoms with Crippen molar-refractivity contribution in [1.82, 2.24) is 4.90 Å². The number of rotatable bonds is 1. The van der Waals surface area contributed by atoms with Crippen LogP contribution in [0.3, 0.4) is 0 Å². The summed E-state index contributed by atoms with van der Waals surface area (Å²) in [5, 5.41) is 0. The van der Waals surface area contributed by atoms with Crippen molar-refractivity contribution in [3.63, 3.8) is 0 Å². The summed E-state index contributed by atoms with van der Waals surface area (Å²) < 4.78 is 13.9. The van der Waals surface area contributed by atoms with Gasteiger partial charge in [0.15, 0.2) is 5.84 Å². The van der Waals surface area contributed by atoms with Gasteiger partial charge >= 0.3 is 0 Å². The van der Waals surface area contributed by atoms with Crippen LogP contribution in [-0.4, -0.2) is 30.2 Å². The maximum absolute atomic E-state index is 13.9. The number of nitrogens with zero attached hydrogens (tertiary/aromatic N) is 2. The molecule has 1 unspecified atom stereocenters. The molecule has 1 aromatic carbocycles. The first kappa shape index (κ1) is 12.3. The number of amides is 1. The van der Waals surface area contributed by atoms with Crippen LogP contribution in [0.4, 0.5) is 10.1 Å². The fraction of sp³-hybridized carbons (Fsp3) is 0.333. The average molecular weight is 250 g/mol. The minimum absolute atomic E-state index is 0.118. The molecule has 1 heterocycles. The van der Waals surface area contributed by atoms with E-state index in [-0.39, 0.29) is 18.3 Å². The number of benzene rings is 1. The van der Waals surface area contributed by atoms with E-state index in [2.05, 4.69) is 4.99 Å². The SMILES string of the molecule is CN1CC(C)(c2cc(N)ccc2F)N=C(N)C1=O. The molecule has 1 aromatic rings. The lowest BCUT2D eigenvalue weighted by molar-refractivity contribution is -0.124. The third-order valence-corrected chi connectivity index (χ3v) is 3.05. The van der Waals surface area contributed by atoms with E-state index >= 15 is 0 Å². The fourth-order valence-corrected chi connectivity index (χ4v) is 2.18. The molecule has 0 spiro atoms. The van der Waals surface area contributed by atoms with Crippen LogP contribution in [0, 0.1) is 5.82 Å². The molecule has 0 bridgehead atoms. The second-order valence-electron chi connectivity index (χ2n) is 4.67. The Bertz CT molecular complexity index is 543. The van der Waals surface area contributed by atoms with Crippen LogP contribution in [0.5, 0.6) is 0 Å². The van der Waals surface area contributed by atoms with Crippen molar-refractivity contribution in [2.45, 2.75) is 12.5 Å². The Kier molecular flexibility index (Phi) is 2.73. The number of likely N-dealkylation sites (N-methyl/N-ethyl adjacent to an activating group) is 1. The minimum Gasteiger partial charge on any atom is -0.399 e. The third kappa shape index (κ3) is 1.90. The van der Waals surface area contributed by atoms with Gasteiger partial charge < -0.3 is 16.4 Å². The van der Waals surface area contributed by atoms with Gasteiger partial charge in [-0.25, -0.2) is 4.39 Å². The van der Waals surface area contributed by atoms with Gasteiger partial charge in [-0.15, -0.1) is 0 Å². The fourth-order valence-electron chi connectivity index (χ4n) is 2.18. The van der Waals surface area contributed by atoms with E-state index in [0.29, 0.717) is 11.3 Å². The van der Waals surface area contributed by atoms with Crippen LogP contribution in [0.15, 0.2) is 23.2 Å². The van der Waals surface area contributed by atoms with Gasteiger partial charge in [0.25, 0.3) is 5.91 Å². The molecule has 5 nitrogen and oxygen atoms in total. The Hall–Kier alpha value is -2.11. The van der Waals surface area contributed by atoms with Gasteiger partial charge in [-0.1, -0.05) is 0 Å². The maximum atomic E-state index is 13.9. The molecule has 4 N–H and O–H groups in total. The molecule has 0 aliphatic carbocycles. The largest absolute Gasteiger partial charge is 0.399 e. The number of carbonyl (C=O) groups excluding carboxylic acids is 1. The quantitative estimate of drug-likeness (QED) is 0.710. The summed E-state index contributed by atoms with van der Waals surface area (Å²) in [6.45, 7) is 1.98. The zero-order chi connectivity index (χ0) is 13.5. The van der Waals surface area contributed by atoms with Crippen molar-refractivity contribution in [1.29, 1.82) is 0 Å². The molecule has 96 valence electrons. The molecule has 6 heteroatoms. The Morgan fingerprint density at radius 2 is 2.11 bits per heavy atom. The molecule has 1 aliphatic rings. The summed E-state index contributed by atoms with van der Waals surface area (Å²) in [6, 6.07) is 4.29. The average Bonchev–Trinajstić information content (AvgIpc) is 2.29. The summed E-state index contributed by atoms with van der Waals surface area (Å²) >= 11 is 0. The van der Waals surface area contributed by atoms with Crippen LogP contribution < -0.4 is 11.5 Å². The molecule has 1 amide bonds. The van der Waals surface area contributed by atoms with Crippen molar-refractivity contribution in [3.8, 4) is 0 Å². The van der Waals surface area contributed by atoms with Gasteiger partial charge in [0.2, 0.25) is 0 Å². The second kappa shape index (κ2) is 3.97. The first-order valence-corrected chi connectivity index (χ1v) is 5.50. The molecule has 0 saturated heterocycles. The minimum atomic E-state index is -0.911. The number of hydrogen-bond acceptors (Lipinski definition) is 4. The second-order valence-corrected chi connectivity index (χ2v) is 4.67. The molecule has 1 atom stereocenters. The van der Waals surface area contributed by atoms with Crippen LogP contribution in [0.25, 0.3) is 0 Å². The summed E-state index contributed by atoms with van der Waals surface area (Å²) in [6.07, 6.45) is 0. The van der Waals surface area contributed by atoms with E-state index < -0.39 is 11.4 Å². The number of carbonyl (C=O) groups is 1.